The second-order valence-electron chi connectivity index (χ2n) is 6.49. The number of benzene rings is 2. The Morgan fingerprint density at radius 2 is 1.96 bits per heavy atom. The molecule has 2 aromatic carbocycles. The number of carbonyl (C=O) groups excluding carboxylic acids is 1. The number of nitrogens with one attached hydrogen (secondary N) is 1. The highest BCUT2D eigenvalue weighted by Crippen LogP contribution is 2.27. The van der Waals surface area contributed by atoms with Crippen LogP contribution in [0.4, 0.5) is 5.13 Å². The lowest BCUT2D eigenvalue weighted by molar-refractivity contribution is 0.0730. The van der Waals surface area contributed by atoms with E-state index >= 15 is 0 Å². The van der Waals surface area contributed by atoms with E-state index < -0.39 is 15.9 Å². The van der Waals surface area contributed by atoms with Crippen LogP contribution in [-0.4, -0.2) is 49.9 Å². The summed E-state index contributed by atoms with van der Waals surface area (Å²) in [6.07, 6.45) is 0. The summed E-state index contributed by atoms with van der Waals surface area (Å²) in [6.45, 7) is 3.36. The van der Waals surface area contributed by atoms with Crippen LogP contribution in [0.5, 0.6) is 0 Å². The quantitative estimate of drug-likeness (QED) is 0.705. The zero-order valence-electron chi connectivity index (χ0n) is 15.2. The van der Waals surface area contributed by atoms with Crippen molar-refractivity contribution in [2.45, 2.75) is 11.8 Å². The Morgan fingerprint density at radius 3 is 2.75 bits per heavy atom. The number of aryl methyl sites for hydroxylation is 1. The number of rotatable bonds is 4. The Hall–Kier alpha value is -2.33. The fourth-order valence-corrected chi connectivity index (χ4v) is 5.40. The first-order valence-corrected chi connectivity index (χ1v) is 11.1. The summed E-state index contributed by atoms with van der Waals surface area (Å²) in [5, 5.41) is 3.24. The summed E-state index contributed by atoms with van der Waals surface area (Å²) in [5.41, 5.74) is 2.20. The number of thiazole rings is 1. The molecule has 9 heteroatoms. The van der Waals surface area contributed by atoms with Gasteiger partial charge >= 0.3 is 0 Å². The van der Waals surface area contributed by atoms with Gasteiger partial charge in [-0.3, -0.25) is 10.1 Å². The van der Waals surface area contributed by atoms with Crippen molar-refractivity contribution >= 4 is 42.6 Å². The van der Waals surface area contributed by atoms with E-state index in [4.69, 9.17) is 4.74 Å². The average Bonchev–Trinajstić information content (AvgIpc) is 3.10. The number of carbonyl (C=O) groups is 1. The molecule has 0 atom stereocenters. The molecule has 3 aromatic rings. The first kappa shape index (κ1) is 19.0. The van der Waals surface area contributed by atoms with Crippen molar-refractivity contribution in [3.8, 4) is 0 Å². The Balaban J connectivity index is 1.57. The van der Waals surface area contributed by atoms with Crippen LogP contribution in [0.15, 0.2) is 47.4 Å². The van der Waals surface area contributed by atoms with Gasteiger partial charge in [0.2, 0.25) is 10.0 Å². The van der Waals surface area contributed by atoms with E-state index in [2.05, 4.69) is 10.3 Å². The van der Waals surface area contributed by atoms with E-state index in [-0.39, 0.29) is 10.5 Å². The molecule has 0 saturated carbocycles. The second-order valence-corrected chi connectivity index (χ2v) is 9.46. The molecule has 1 aromatic heterocycles. The normalized spacial score (nSPS) is 15.6. The van der Waals surface area contributed by atoms with Crippen molar-refractivity contribution < 1.29 is 17.9 Å². The molecule has 7 nitrogen and oxygen atoms in total. The van der Waals surface area contributed by atoms with Gasteiger partial charge in [0, 0.05) is 18.7 Å². The van der Waals surface area contributed by atoms with Gasteiger partial charge in [-0.25, -0.2) is 13.4 Å². The summed E-state index contributed by atoms with van der Waals surface area (Å²) in [6, 6.07) is 12.0. The largest absolute Gasteiger partial charge is 0.379 e. The molecule has 146 valence electrons. The average molecular weight is 418 g/mol. The van der Waals surface area contributed by atoms with Crippen LogP contribution < -0.4 is 5.32 Å². The van der Waals surface area contributed by atoms with Crippen LogP contribution in [-0.2, 0) is 14.8 Å². The SMILES string of the molecule is Cc1ccc2nc(NC(=O)c3cccc(S(=O)(=O)N4CCOCC4)c3)sc2c1. The first-order chi connectivity index (χ1) is 13.4. The van der Waals surface area contributed by atoms with Crippen LogP contribution >= 0.6 is 11.3 Å². The molecule has 1 N–H and O–H groups in total. The third kappa shape index (κ3) is 3.79. The number of aromatic nitrogens is 1. The number of sulfonamides is 1. The maximum atomic E-state index is 12.8. The Bertz CT molecular complexity index is 1140. The van der Waals surface area contributed by atoms with Gasteiger partial charge in [0.1, 0.15) is 0 Å². The monoisotopic (exact) mass is 417 g/mol. The van der Waals surface area contributed by atoms with E-state index in [9.17, 15) is 13.2 Å². The molecular weight excluding hydrogens is 398 g/mol. The minimum atomic E-state index is -3.66. The Labute approximate surface area is 167 Å². The van der Waals surface area contributed by atoms with Crippen LogP contribution in [0.1, 0.15) is 15.9 Å². The lowest BCUT2D eigenvalue weighted by atomic mass is 10.2. The van der Waals surface area contributed by atoms with E-state index in [0.717, 1.165) is 15.8 Å². The van der Waals surface area contributed by atoms with Crippen molar-refractivity contribution in [2.75, 3.05) is 31.6 Å². The standard InChI is InChI=1S/C19H19N3O4S2/c1-13-5-6-16-17(11-13)27-19(20-16)21-18(23)14-3-2-4-15(12-14)28(24,25)22-7-9-26-10-8-22/h2-6,11-12H,7-10H2,1H3,(H,20,21,23). The molecule has 28 heavy (non-hydrogen) atoms. The molecule has 4 rings (SSSR count). The fraction of sp³-hybridized carbons (Fsp3) is 0.263. The number of morpholine rings is 1. The van der Waals surface area contributed by atoms with Gasteiger partial charge in [0.05, 0.1) is 28.3 Å². The van der Waals surface area contributed by atoms with Crippen LogP contribution in [0.25, 0.3) is 10.2 Å². The van der Waals surface area contributed by atoms with Gasteiger partial charge < -0.3 is 4.74 Å². The number of amides is 1. The minimum Gasteiger partial charge on any atom is -0.379 e. The van der Waals surface area contributed by atoms with Gasteiger partial charge in [-0.15, -0.1) is 0 Å². The molecule has 0 radical (unpaired) electrons. The lowest BCUT2D eigenvalue weighted by Crippen LogP contribution is -2.40. The summed E-state index contributed by atoms with van der Waals surface area (Å²) in [4.78, 5) is 17.1. The van der Waals surface area contributed by atoms with Gasteiger partial charge in [0.25, 0.3) is 5.91 Å². The summed E-state index contributed by atoms with van der Waals surface area (Å²) in [5.74, 6) is -0.394. The molecule has 0 unspecified atom stereocenters. The van der Waals surface area contributed by atoms with Crippen molar-refractivity contribution in [3.05, 3.63) is 53.6 Å². The number of nitrogens with zero attached hydrogens (tertiary/aromatic N) is 2. The topological polar surface area (TPSA) is 88.6 Å². The molecule has 1 amide bonds. The number of hydrogen-bond acceptors (Lipinski definition) is 6. The third-order valence-corrected chi connectivity index (χ3v) is 7.30. The van der Waals surface area contributed by atoms with Crippen molar-refractivity contribution in [1.29, 1.82) is 0 Å². The van der Waals surface area contributed by atoms with Gasteiger partial charge in [-0.2, -0.15) is 4.31 Å². The molecular formula is C19H19N3O4S2. The van der Waals surface area contributed by atoms with Crippen LogP contribution in [0.3, 0.4) is 0 Å². The van der Waals surface area contributed by atoms with Gasteiger partial charge in [0.15, 0.2) is 5.13 Å². The highest BCUT2D eigenvalue weighted by atomic mass is 32.2. The molecule has 0 aliphatic carbocycles. The first-order valence-electron chi connectivity index (χ1n) is 8.80. The molecule has 1 aliphatic heterocycles. The minimum absolute atomic E-state index is 0.0991. The summed E-state index contributed by atoms with van der Waals surface area (Å²) in [7, 11) is -3.66. The molecule has 2 heterocycles. The third-order valence-electron chi connectivity index (χ3n) is 4.47. The van der Waals surface area contributed by atoms with Gasteiger partial charge in [-0.05, 0) is 42.8 Å². The number of hydrogen-bond donors (Lipinski definition) is 1. The lowest BCUT2D eigenvalue weighted by Gasteiger charge is -2.26. The van der Waals surface area contributed by atoms with Crippen LogP contribution in [0, 0.1) is 6.92 Å². The Morgan fingerprint density at radius 1 is 1.18 bits per heavy atom. The van der Waals surface area contributed by atoms with E-state index in [0.29, 0.717) is 31.4 Å². The highest BCUT2D eigenvalue weighted by Gasteiger charge is 2.27. The zero-order chi connectivity index (χ0) is 19.7. The maximum Gasteiger partial charge on any atom is 0.257 e. The predicted octanol–water partition coefficient (Wildman–Crippen LogP) is 2.88. The maximum absolute atomic E-state index is 12.8. The van der Waals surface area contributed by atoms with Crippen molar-refractivity contribution in [3.63, 3.8) is 0 Å². The van der Waals surface area contributed by atoms with E-state index in [1.54, 1.807) is 12.1 Å². The zero-order valence-corrected chi connectivity index (χ0v) is 16.8. The van der Waals surface area contributed by atoms with Crippen molar-refractivity contribution in [2.24, 2.45) is 0 Å². The predicted molar refractivity (Wildman–Crippen MR) is 108 cm³/mol. The molecule has 1 aliphatic rings. The smallest absolute Gasteiger partial charge is 0.257 e. The summed E-state index contributed by atoms with van der Waals surface area (Å²) < 4.78 is 33.2. The van der Waals surface area contributed by atoms with Crippen LogP contribution in [0.2, 0.25) is 0 Å². The van der Waals surface area contributed by atoms with Gasteiger partial charge in [-0.1, -0.05) is 23.5 Å². The molecule has 1 saturated heterocycles. The number of fused-ring (bicyclic) bond motifs is 1. The molecule has 0 bridgehead atoms. The number of anilines is 1. The number of ether oxygens (including phenoxy) is 1. The molecule has 0 spiro atoms. The van der Waals surface area contributed by atoms with E-state index in [1.165, 1.54) is 27.8 Å². The molecule has 1 fully saturated rings. The highest BCUT2D eigenvalue weighted by molar-refractivity contribution is 7.89. The summed E-state index contributed by atoms with van der Waals surface area (Å²) >= 11 is 1.38. The van der Waals surface area contributed by atoms with Crippen molar-refractivity contribution in [1.82, 2.24) is 9.29 Å². The second kappa shape index (κ2) is 7.59. The Kier molecular flexibility index (Phi) is 5.15. The fourth-order valence-electron chi connectivity index (χ4n) is 2.99. The van der Waals surface area contributed by atoms with E-state index in [1.807, 2.05) is 25.1 Å².